The van der Waals surface area contributed by atoms with Crippen LogP contribution in [0, 0.1) is 5.41 Å². The molecule has 3 aromatic rings. The van der Waals surface area contributed by atoms with E-state index in [0.29, 0.717) is 23.1 Å². The summed E-state index contributed by atoms with van der Waals surface area (Å²) in [5.41, 5.74) is 13.5. The number of aromatic nitrogens is 2. The van der Waals surface area contributed by atoms with Crippen molar-refractivity contribution in [1.29, 1.82) is 5.41 Å². The van der Waals surface area contributed by atoms with Gasteiger partial charge in [0, 0.05) is 22.9 Å². The van der Waals surface area contributed by atoms with Crippen molar-refractivity contribution in [2.75, 3.05) is 11.1 Å². The summed E-state index contributed by atoms with van der Waals surface area (Å²) in [5, 5.41) is 12.6. The number of fused-ring (bicyclic) bond motifs is 1. The summed E-state index contributed by atoms with van der Waals surface area (Å²) in [6.07, 6.45) is 6.78. The van der Waals surface area contributed by atoms with Gasteiger partial charge in [-0.25, -0.2) is 15.0 Å². The summed E-state index contributed by atoms with van der Waals surface area (Å²) in [5.74, 6) is 1.72. The van der Waals surface area contributed by atoms with Crippen molar-refractivity contribution in [3.05, 3.63) is 83.2 Å². The molecule has 1 aliphatic heterocycles. The third-order valence-corrected chi connectivity index (χ3v) is 7.55. The molecule has 0 spiro atoms. The van der Waals surface area contributed by atoms with Crippen LogP contribution < -0.4 is 11.1 Å². The van der Waals surface area contributed by atoms with Gasteiger partial charge in [0.1, 0.15) is 23.8 Å². The Morgan fingerprint density at radius 1 is 1.14 bits per heavy atom. The van der Waals surface area contributed by atoms with E-state index in [1.54, 1.807) is 0 Å². The van der Waals surface area contributed by atoms with Crippen LogP contribution in [0.3, 0.4) is 0 Å². The number of nitrogens with one attached hydrogen (secondary N) is 2. The number of anilines is 2. The van der Waals surface area contributed by atoms with Gasteiger partial charge in [-0.2, -0.15) is 0 Å². The number of nitrogens with two attached hydrogens (primary N) is 1. The predicted octanol–water partition coefficient (Wildman–Crippen LogP) is 5.97. The Kier molecular flexibility index (Phi) is 6.78. The van der Waals surface area contributed by atoms with E-state index in [1.165, 1.54) is 23.9 Å². The Morgan fingerprint density at radius 3 is 2.59 bits per heavy atom. The van der Waals surface area contributed by atoms with Gasteiger partial charge in [0.15, 0.2) is 0 Å². The maximum absolute atomic E-state index is 9.06. The Morgan fingerprint density at radius 2 is 1.89 bits per heavy atom. The van der Waals surface area contributed by atoms with E-state index in [-0.39, 0.29) is 11.9 Å². The summed E-state index contributed by atoms with van der Waals surface area (Å²) in [7, 11) is 0. The molecule has 0 saturated heterocycles. The monoisotopic (exact) mass is 493 g/mol. The predicted molar refractivity (Wildman–Crippen MR) is 153 cm³/mol. The van der Waals surface area contributed by atoms with Gasteiger partial charge in [-0.3, -0.25) is 5.41 Å². The van der Waals surface area contributed by atoms with E-state index in [1.807, 2.05) is 24.3 Å². The minimum absolute atomic E-state index is 0.194. The lowest BCUT2D eigenvalue weighted by Crippen LogP contribution is -2.49. The number of para-hydroxylation sites is 1. The molecule has 1 aromatic heterocycles. The summed E-state index contributed by atoms with van der Waals surface area (Å²) < 4.78 is 0. The van der Waals surface area contributed by atoms with E-state index >= 15 is 0 Å². The molecule has 37 heavy (non-hydrogen) atoms. The van der Waals surface area contributed by atoms with Gasteiger partial charge in [-0.05, 0) is 62.3 Å². The molecule has 190 valence electrons. The van der Waals surface area contributed by atoms with E-state index in [4.69, 9.17) is 16.1 Å². The number of rotatable bonds is 8. The molecule has 7 heteroatoms. The number of aryl methyl sites for hydroxylation is 2. The fourth-order valence-corrected chi connectivity index (χ4v) is 5.24. The molecule has 2 aromatic carbocycles. The zero-order valence-corrected chi connectivity index (χ0v) is 21.9. The second-order valence-electron chi connectivity index (χ2n) is 9.80. The number of amidine groups is 1. The number of hydrogen-bond donors (Lipinski definition) is 3. The molecule has 0 bridgehead atoms. The summed E-state index contributed by atoms with van der Waals surface area (Å²) in [6.45, 7) is 10.8. The maximum atomic E-state index is 9.06. The average molecular weight is 494 g/mol. The van der Waals surface area contributed by atoms with Gasteiger partial charge in [-0.15, -0.1) is 0 Å². The molecule has 4 N–H and O–H groups in total. The highest BCUT2D eigenvalue weighted by Crippen LogP contribution is 2.39. The molecule has 1 fully saturated rings. The van der Waals surface area contributed by atoms with Crippen molar-refractivity contribution >= 4 is 34.6 Å². The molecule has 5 rings (SSSR count). The second kappa shape index (κ2) is 10.2. The zero-order chi connectivity index (χ0) is 26.1. The third-order valence-electron chi connectivity index (χ3n) is 7.55. The van der Waals surface area contributed by atoms with Crippen LogP contribution in [0.1, 0.15) is 67.9 Å². The van der Waals surface area contributed by atoms with Crippen LogP contribution >= 0.6 is 0 Å². The van der Waals surface area contributed by atoms with Gasteiger partial charge in [-0.1, -0.05) is 50.8 Å². The highest BCUT2D eigenvalue weighted by atomic mass is 15.3. The van der Waals surface area contributed by atoms with Crippen molar-refractivity contribution in [1.82, 2.24) is 14.9 Å². The number of nitrogen functional groups attached to an aromatic ring is 1. The molecule has 2 aliphatic rings. The highest BCUT2D eigenvalue weighted by molar-refractivity contribution is 6.16. The topological polar surface area (TPSA) is 103 Å². The SMILES string of the molecule is C=C1c2ccccc2N=C(C(C)Nc2ncnc(N)c2C(=N)c2ccc(CC)c(CC)c2)N1C1CCC1. The third kappa shape index (κ3) is 4.50. The minimum Gasteiger partial charge on any atom is -0.383 e. The summed E-state index contributed by atoms with van der Waals surface area (Å²) in [6, 6.07) is 14.5. The van der Waals surface area contributed by atoms with Crippen LogP contribution in [-0.4, -0.2) is 38.5 Å². The van der Waals surface area contributed by atoms with Crippen LogP contribution in [-0.2, 0) is 12.8 Å². The molecule has 1 saturated carbocycles. The molecular formula is C30H35N7. The number of hydrogen-bond acceptors (Lipinski definition) is 7. The van der Waals surface area contributed by atoms with E-state index in [2.05, 4.69) is 65.7 Å². The van der Waals surface area contributed by atoms with Crippen LogP contribution in [0.2, 0.25) is 0 Å². The largest absolute Gasteiger partial charge is 0.383 e. The van der Waals surface area contributed by atoms with Crippen LogP contribution in [0.5, 0.6) is 0 Å². The molecule has 0 amide bonds. The summed E-state index contributed by atoms with van der Waals surface area (Å²) in [4.78, 5) is 16.1. The molecule has 7 nitrogen and oxygen atoms in total. The standard InChI is InChI=1S/C30H35N7/c1-5-20-14-15-22(16-21(20)6-2)27(31)26-28(32)33-17-34-29(26)35-18(3)30-36-25-13-8-7-12-24(25)19(4)37(30)23-10-9-11-23/h7-8,12-18,23,31H,4-6,9-11H2,1-3H3,(H3,32,33,34,35). The fraction of sp³-hybridized carbons (Fsp3) is 0.333. The van der Waals surface area contributed by atoms with Gasteiger partial charge in [0.2, 0.25) is 0 Å². The average Bonchev–Trinajstić information content (AvgIpc) is 2.88. The smallest absolute Gasteiger partial charge is 0.141 e. The van der Waals surface area contributed by atoms with Crippen LogP contribution in [0.4, 0.5) is 17.3 Å². The Hall–Kier alpha value is -4.00. The van der Waals surface area contributed by atoms with Gasteiger partial charge in [0.25, 0.3) is 0 Å². The molecular weight excluding hydrogens is 458 g/mol. The van der Waals surface area contributed by atoms with Gasteiger partial charge < -0.3 is 16.0 Å². The van der Waals surface area contributed by atoms with Crippen molar-refractivity contribution in [3.63, 3.8) is 0 Å². The molecule has 0 radical (unpaired) electrons. The van der Waals surface area contributed by atoms with Gasteiger partial charge >= 0.3 is 0 Å². The number of nitrogens with zero attached hydrogens (tertiary/aromatic N) is 4. The van der Waals surface area contributed by atoms with E-state index in [0.717, 1.165) is 54.0 Å². The quantitative estimate of drug-likeness (QED) is 0.336. The maximum Gasteiger partial charge on any atom is 0.141 e. The molecule has 1 unspecified atom stereocenters. The first-order valence-electron chi connectivity index (χ1n) is 13.2. The van der Waals surface area contributed by atoms with Crippen LogP contribution in [0.15, 0.2) is 60.4 Å². The van der Waals surface area contributed by atoms with Gasteiger partial charge in [0.05, 0.1) is 23.0 Å². The first-order chi connectivity index (χ1) is 17.9. The van der Waals surface area contributed by atoms with Crippen molar-refractivity contribution in [2.24, 2.45) is 4.99 Å². The lowest BCUT2D eigenvalue weighted by molar-refractivity contribution is 0.267. The lowest BCUT2D eigenvalue weighted by atomic mass is 9.89. The zero-order valence-electron chi connectivity index (χ0n) is 21.9. The Labute approximate surface area is 219 Å². The highest BCUT2D eigenvalue weighted by Gasteiger charge is 2.35. The van der Waals surface area contributed by atoms with E-state index in [9.17, 15) is 0 Å². The van der Waals surface area contributed by atoms with Crippen molar-refractivity contribution in [3.8, 4) is 0 Å². The molecule has 1 atom stereocenters. The number of benzene rings is 2. The Balaban J connectivity index is 1.50. The first-order valence-corrected chi connectivity index (χ1v) is 13.2. The second-order valence-corrected chi connectivity index (χ2v) is 9.80. The lowest BCUT2D eigenvalue weighted by Gasteiger charge is -2.44. The molecule has 1 aliphatic carbocycles. The van der Waals surface area contributed by atoms with Crippen molar-refractivity contribution < 1.29 is 0 Å². The van der Waals surface area contributed by atoms with Crippen molar-refractivity contribution in [2.45, 2.75) is 65.0 Å². The van der Waals surface area contributed by atoms with E-state index < -0.39 is 0 Å². The first kappa shape index (κ1) is 24.7. The van der Waals surface area contributed by atoms with Crippen LogP contribution in [0.25, 0.3) is 5.70 Å². The fourth-order valence-electron chi connectivity index (χ4n) is 5.24. The normalized spacial score (nSPS) is 16.0. The minimum atomic E-state index is -0.194. The number of aliphatic imine (C=N–C) groups is 1. The molecule has 2 heterocycles. The summed E-state index contributed by atoms with van der Waals surface area (Å²) >= 11 is 0. The Bertz CT molecular complexity index is 1390.